The van der Waals surface area contributed by atoms with E-state index in [0.29, 0.717) is 30.5 Å². The smallest absolute Gasteiger partial charge is 0.336 e. The van der Waals surface area contributed by atoms with Crippen molar-refractivity contribution in [2.24, 2.45) is 10.2 Å². The number of carboxylic acids is 1. The molecule has 6 nitrogen and oxygen atoms in total. The molecule has 0 atom stereocenters. The minimum atomic E-state index is -1.01. The molecule has 1 aromatic rings. The molecule has 0 spiro atoms. The molecule has 0 saturated carbocycles. The summed E-state index contributed by atoms with van der Waals surface area (Å²) in [5.41, 5.74) is 1.70. The highest BCUT2D eigenvalue weighted by molar-refractivity contribution is 5.95. The number of anilines is 1. The van der Waals surface area contributed by atoms with Gasteiger partial charge in [-0.3, -0.25) is 4.79 Å². The van der Waals surface area contributed by atoms with Gasteiger partial charge in [0.2, 0.25) is 5.91 Å². The van der Waals surface area contributed by atoms with Crippen LogP contribution < -0.4 is 5.32 Å². The van der Waals surface area contributed by atoms with Crippen LogP contribution in [-0.4, -0.2) is 22.6 Å². The zero-order valence-electron chi connectivity index (χ0n) is 13.2. The van der Waals surface area contributed by atoms with Gasteiger partial charge in [-0.15, -0.1) is 12.3 Å². The summed E-state index contributed by atoms with van der Waals surface area (Å²) in [5.74, 6) is 1.34. The largest absolute Gasteiger partial charge is 0.478 e. The quantitative estimate of drug-likeness (QED) is 0.757. The van der Waals surface area contributed by atoms with Crippen molar-refractivity contribution in [3.8, 4) is 12.3 Å². The minimum absolute atomic E-state index is 0.184. The van der Waals surface area contributed by atoms with Gasteiger partial charge < -0.3 is 10.4 Å². The van der Waals surface area contributed by atoms with Crippen LogP contribution >= 0.6 is 0 Å². The van der Waals surface area contributed by atoms with Crippen LogP contribution in [0.15, 0.2) is 22.4 Å². The second kappa shape index (κ2) is 6.61. The third kappa shape index (κ3) is 4.16. The molecule has 0 aliphatic carbocycles. The van der Waals surface area contributed by atoms with Gasteiger partial charge >= 0.3 is 5.97 Å². The highest BCUT2D eigenvalue weighted by Crippen LogP contribution is 2.37. The summed E-state index contributed by atoms with van der Waals surface area (Å²) in [6.07, 6.45) is 7.23. The van der Waals surface area contributed by atoms with Crippen LogP contribution in [0.25, 0.3) is 0 Å². The second-order valence-corrected chi connectivity index (χ2v) is 5.72. The lowest BCUT2D eigenvalue weighted by atomic mass is 10.0. The van der Waals surface area contributed by atoms with E-state index < -0.39 is 11.6 Å². The Balaban J connectivity index is 1.97. The molecule has 0 saturated heterocycles. The fourth-order valence-electron chi connectivity index (χ4n) is 2.41. The number of hydrogen-bond donors (Lipinski definition) is 2. The molecule has 2 rings (SSSR count). The number of benzene rings is 1. The molecule has 6 heteroatoms. The van der Waals surface area contributed by atoms with E-state index in [2.05, 4.69) is 21.5 Å². The SMILES string of the molecule is C#CCCC1(CCC(=O)Nc2cc(C(=O)O)c(C)cc2C)N=N1. The van der Waals surface area contributed by atoms with Crippen LogP contribution in [0, 0.1) is 26.2 Å². The van der Waals surface area contributed by atoms with E-state index >= 15 is 0 Å². The van der Waals surface area contributed by atoms with Crippen molar-refractivity contribution in [1.82, 2.24) is 0 Å². The van der Waals surface area contributed by atoms with Crippen molar-refractivity contribution in [3.05, 3.63) is 28.8 Å². The van der Waals surface area contributed by atoms with E-state index in [1.165, 1.54) is 6.07 Å². The lowest BCUT2D eigenvalue weighted by molar-refractivity contribution is -0.116. The number of hydrogen-bond acceptors (Lipinski definition) is 4. The highest BCUT2D eigenvalue weighted by atomic mass is 16.4. The number of nitrogens with zero attached hydrogens (tertiary/aromatic N) is 2. The van der Waals surface area contributed by atoms with E-state index in [1.54, 1.807) is 13.0 Å². The topological polar surface area (TPSA) is 91.1 Å². The predicted octanol–water partition coefficient (Wildman–Crippen LogP) is 3.30. The Morgan fingerprint density at radius 1 is 1.26 bits per heavy atom. The summed E-state index contributed by atoms with van der Waals surface area (Å²) in [7, 11) is 0. The van der Waals surface area contributed by atoms with E-state index in [-0.39, 0.29) is 17.9 Å². The lowest BCUT2D eigenvalue weighted by Crippen LogP contribution is -2.18. The number of aromatic carboxylic acids is 1. The molecular formula is C17H19N3O3. The van der Waals surface area contributed by atoms with Gasteiger partial charge in [-0.25, -0.2) is 4.79 Å². The van der Waals surface area contributed by atoms with Gasteiger partial charge in [-0.2, -0.15) is 10.2 Å². The summed E-state index contributed by atoms with van der Waals surface area (Å²) in [6.45, 7) is 3.56. The Morgan fingerprint density at radius 2 is 1.96 bits per heavy atom. The molecule has 2 N–H and O–H groups in total. The van der Waals surface area contributed by atoms with Gasteiger partial charge in [0.15, 0.2) is 5.66 Å². The third-order valence-electron chi connectivity index (χ3n) is 3.88. The van der Waals surface area contributed by atoms with Crippen molar-refractivity contribution in [1.29, 1.82) is 0 Å². The molecule has 0 aromatic heterocycles. The number of amides is 1. The van der Waals surface area contributed by atoms with E-state index in [9.17, 15) is 9.59 Å². The molecule has 1 heterocycles. The van der Waals surface area contributed by atoms with Crippen LogP contribution in [0.2, 0.25) is 0 Å². The molecule has 0 unspecified atom stereocenters. The number of aryl methyl sites for hydroxylation is 2. The van der Waals surface area contributed by atoms with Crippen molar-refractivity contribution in [2.45, 2.75) is 45.2 Å². The average Bonchev–Trinajstić information content (AvgIpc) is 3.26. The molecule has 120 valence electrons. The first-order valence-electron chi connectivity index (χ1n) is 7.39. The number of carbonyl (C=O) groups is 2. The average molecular weight is 313 g/mol. The molecule has 0 bridgehead atoms. The van der Waals surface area contributed by atoms with Gasteiger partial charge in [0, 0.05) is 31.4 Å². The van der Waals surface area contributed by atoms with Crippen LogP contribution in [0.4, 0.5) is 5.69 Å². The molecule has 1 aliphatic heterocycles. The number of carboxylic acid groups (broad SMARTS) is 1. The molecule has 1 amide bonds. The Morgan fingerprint density at radius 3 is 2.52 bits per heavy atom. The second-order valence-electron chi connectivity index (χ2n) is 5.72. The van der Waals surface area contributed by atoms with E-state index in [1.807, 2.05) is 6.92 Å². The zero-order chi connectivity index (χ0) is 17.0. The van der Waals surface area contributed by atoms with Crippen LogP contribution in [-0.2, 0) is 4.79 Å². The van der Waals surface area contributed by atoms with Gasteiger partial charge in [-0.1, -0.05) is 6.07 Å². The summed E-state index contributed by atoms with van der Waals surface area (Å²) in [6, 6.07) is 3.24. The Hall–Kier alpha value is -2.68. The monoisotopic (exact) mass is 313 g/mol. The molecule has 23 heavy (non-hydrogen) atoms. The van der Waals surface area contributed by atoms with Gasteiger partial charge in [0.1, 0.15) is 0 Å². The maximum absolute atomic E-state index is 12.1. The Bertz CT molecular complexity index is 711. The Kier molecular flexibility index (Phi) is 4.80. The van der Waals surface area contributed by atoms with Crippen molar-refractivity contribution in [2.75, 3.05) is 5.32 Å². The van der Waals surface area contributed by atoms with Gasteiger partial charge in [0.05, 0.1) is 5.56 Å². The van der Waals surface area contributed by atoms with Crippen LogP contribution in [0.1, 0.15) is 47.2 Å². The number of nitrogens with one attached hydrogen (secondary N) is 1. The third-order valence-corrected chi connectivity index (χ3v) is 3.88. The van der Waals surface area contributed by atoms with Gasteiger partial charge in [0.25, 0.3) is 0 Å². The molecule has 0 radical (unpaired) electrons. The first-order chi connectivity index (χ1) is 10.9. The first kappa shape index (κ1) is 16.7. The van der Waals surface area contributed by atoms with E-state index in [4.69, 9.17) is 11.5 Å². The number of terminal acetylenes is 1. The van der Waals surface area contributed by atoms with Crippen molar-refractivity contribution in [3.63, 3.8) is 0 Å². The fourth-order valence-corrected chi connectivity index (χ4v) is 2.41. The maximum atomic E-state index is 12.1. The first-order valence-corrected chi connectivity index (χ1v) is 7.39. The molecular weight excluding hydrogens is 294 g/mol. The fraction of sp³-hybridized carbons (Fsp3) is 0.412. The molecule has 1 aliphatic rings. The predicted molar refractivity (Wildman–Crippen MR) is 86.4 cm³/mol. The number of rotatable bonds is 7. The minimum Gasteiger partial charge on any atom is -0.478 e. The summed E-state index contributed by atoms with van der Waals surface area (Å²) in [5, 5.41) is 19.9. The lowest BCUT2D eigenvalue weighted by Gasteiger charge is -2.12. The summed E-state index contributed by atoms with van der Waals surface area (Å²) in [4.78, 5) is 23.3. The Labute approximate surface area is 135 Å². The maximum Gasteiger partial charge on any atom is 0.336 e. The highest BCUT2D eigenvalue weighted by Gasteiger charge is 2.39. The summed E-state index contributed by atoms with van der Waals surface area (Å²) < 4.78 is 0. The zero-order valence-corrected chi connectivity index (χ0v) is 13.2. The van der Waals surface area contributed by atoms with Gasteiger partial charge in [-0.05, 0) is 31.0 Å². The molecule has 1 aromatic carbocycles. The van der Waals surface area contributed by atoms with Crippen LogP contribution in [0.3, 0.4) is 0 Å². The van der Waals surface area contributed by atoms with Crippen molar-refractivity contribution >= 4 is 17.6 Å². The van der Waals surface area contributed by atoms with Crippen molar-refractivity contribution < 1.29 is 14.7 Å². The van der Waals surface area contributed by atoms with Crippen LogP contribution in [0.5, 0.6) is 0 Å². The van der Waals surface area contributed by atoms with E-state index in [0.717, 1.165) is 5.56 Å². The standard InChI is InChI=1S/C17H19N3O3/c1-4-5-7-17(19-20-17)8-6-15(21)18-14-10-13(16(22)23)11(2)9-12(14)3/h1,9-10H,5-8H2,2-3H3,(H,18,21)(H,22,23). The molecule has 0 fully saturated rings. The summed E-state index contributed by atoms with van der Waals surface area (Å²) >= 11 is 0. The normalized spacial score (nSPS) is 14.1. The number of carbonyl (C=O) groups excluding carboxylic acids is 1.